The second-order valence-electron chi connectivity index (χ2n) is 4.39. The standard InChI is InChI=1S/C12H12F2OS/c13-9-1-2-10-8(5-9)6-12(16-10)3-4-15-7-11(12)14/h1-2,5,11H,3-4,6-7H2. The van der Waals surface area contributed by atoms with Crippen molar-refractivity contribution in [1.29, 1.82) is 0 Å². The Morgan fingerprint density at radius 3 is 3.12 bits per heavy atom. The summed E-state index contributed by atoms with van der Waals surface area (Å²) in [6, 6.07) is 4.73. The van der Waals surface area contributed by atoms with Gasteiger partial charge in [-0.2, -0.15) is 0 Å². The molecule has 1 aromatic carbocycles. The molecular formula is C12H12F2OS. The third-order valence-electron chi connectivity index (χ3n) is 3.33. The van der Waals surface area contributed by atoms with Crippen molar-refractivity contribution in [3.05, 3.63) is 29.6 Å². The molecule has 1 saturated heterocycles. The maximum absolute atomic E-state index is 14.0. The van der Waals surface area contributed by atoms with E-state index in [2.05, 4.69) is 0 Å². The number of rotatable bonds is 0. The molecule has 1 nitrogen and oxygen atoms in total. The Hall–Kier alpha value is -0.610. The van der Waals surface area contributed by atoms with Crippen molar-refractivity contribution in [3.63, 3.8) is 0 Å². The minimum atomic E-state index is -0.957. The van der Waals surface area contributed by atoms with E-state index in [0.29, 0.717) is 19.4 Å². The SMILES string of the molecule is Fc1ccc2c(c1)CC1(CCOCC1F)S2. The Bertz CT molecular complexity index is 423. The zero-order valence-electron chi connectivity index (χ0n) is 8.71. The molecule has 2 heterocycles. The Balaban J connectivity index is 1.93. The second-order valence-corrected chi connectivity index (χ2v) is 5.85. The van der Waals surface area contributed by atoms with Gasteiger partial charge in [0, 0.05) is 11.5 Å². The third kappa shape index (κ3) is 1.55. The van der Waals surface area contributed by atoms with Gasteiger partial charge in [-0.1, -0.05) is 0 Å². The summed E-state index contributed by atoms with van der Waals surface area (Å²) >= 11 is 1.55. The van der Waals surface area contributed by atoms with E-state index < -0.39 is 10.9 Å². The fourth-order valence-electron chi connectivity index (χ4n) is 2.42. The number of benzene rings is 1. The molecule has 0 saturated carbocycles. The third-order valence-corrected chi connectivity index (χ3v) is 4.96. The number of halogens is 2. The van der Waals surface area contributed by atoms with E-state index in [-0.39, 0.29) is 12.4 Å². The molecule has 4 heteroatoms. The molecule has 3 rings (SSSR count). The summed E-state index contributed by atoms with van der Waals surface area (Å²) in [7, 11) is 0. The Morgan fingerprint density at radius 2 is 2.31 bits per heavy atom. The molecule has 86 valence electrons. The number of ether oxygens (including phenoxy) is 1. The number of thioether (sulfide) groups is 1. The van der Waals surface area contributed by atoms with E-state index in [9.17, 15) is 8.78 Å². The van der Waals surface area contributed by atoms with Crippen molar-refractivity contribution in [2.45, 2.75) is 28.7 Å². The first-order valence-corrected chi connectivity index (χ1v) is 6.20. The molecule has 1 aromatic rings. The normalized spacial score (nSPS) is 33.0. The summed E-state index contributed by atoms with van der Waals surface area (Å²) in [5.41, 5.74) is 0.939. The average molecular weight is 242 g/mol. The Labute approximate surface area is 97.2 Å². The van der Waals surface area contributed by atoms with E-state index in [1.807, 2.05) is 0 Å². The highest BCUT2D eigenvalue weighted by atomic mass is 32.2. The van der Waals surface area contributed by atoms with Crippen LogP contribution >= 0.6 is 11.8 Å². The highest BCUT2D eigenvalue weighted by molar-refractivity contribution is 8.01. The van der Waals surface area contributed by atoms with Gasteiger partial charge in [-0.25, -0.2) is 8.78 Å². The van der Waals surface area contributed by atoms with Gasteiger partial charge in [-0.05, 0) is 36.6 Å². The number of alkyl halides is 1. The van der Waals surface area contributed by atoms with Crippen LogP contribution in [0.25, 0.3) is 0 Å². The van der Waals surface area contributed by atoms with Crippen LogP contribution < -0.4 is 0 Å². The predicted molar refractivity (Wildman–Crippen MR) is 59.0 cm³/mol. The van der Waals surface area contributed by atoms with E-state index in [4.69, 9.17) is 4.74 Å². The highest BCUT2D eigenvalue weighted by Gasteiger charge is 2.47. The first kappa shape index (κ1) is 10.5. The van der Waals surface area contributed by atoms with Crippen molar-refractivity contribution in [1.82, 2.24) is 0 Å². The zero-order chi connectivity index (χ0) is 11.2. The van der Waals surface area contributed by atoms with Crippen LogP contribution in [0.4, 0.5) is 8.78 Å². The quantitative estimate of drug-likeness (QED) is 0.691. The van der Waals surface area contributed by atoms with E-state index in [1.54, 1.807) is 17.8 Å². The van der Waals surface area contributed by atoms with Crippen molar-refractivity contribution in [2.24, 2.45) is 0 Å². The monoisotopic (exact) mass is 242 g/mol. The molecule has 16 heavy (non-hydrogen) atoms. The predicted octanol–water partition coefficient (Wildman–Crippen LogP) is 2.97. The molecule has 0 bridgehead atoms. The lowest BCUT2D eigenvalue weighted by Gasteiger charge is -2.35. The summed E-state index contributed by atoms with van der Waals surface area (Å²) < 4.78 is 31.8. The number of hydrogen-bond donors (Lipinski definition) is 0. The summed E-state index contributed by atoms with van der Waals surface area (Å²) in [5.74, 6) is -0.237. The molecular weight excluding hydrogens is 230 g/mol. The van der Waals surface area contributed by atoms with E-state index in [1.165, 1.54) is 12.1 Å². The summed E-state index contributed by atoms with van der Waals surface area (Å²) in [6.07, 6.45) is 0.367. The van der Waals surface area contributed by atoms with Gasteiger partial charge in [-0.15, -0.1) is 11.8 Å². The molecule has 1 spiro atoms. The molecule has 2 aliphatic rings. The fourth-order valence-corrected chi connectivity index (χ4v) is 3.86. The van der Waals surface area contributed by atoms with Crippen LogP contribution in [-0.4, -0.2) is 24.1 Å². The number of hydrogen-bond acceptors (Lipinski definition) is 2. The lowest BCUT2D eigenvalue weighted by atomic mass is 9.90. The lowest BCUT2D eigenvalue weighted by Crippen LogP contribution is -2.44. The Kier molecular flexibility index (Phi) is 2.44. The molecule has 2 unspecified atom stereocenters. The fraction of sp³-hybridized carbons (Fsp3) is 0.500. The van der Waals surface area contributed by atoms with Crippen molar-refractivity contribution in [2.75, 3.05) is 13.2 Å². The summed E-state index contributed by atoms with van der Waals surface area (Å²) in [6.45, 7) is 0.771. The van der Waals surface area contributed by atoms with Gasteiger partial charge in [0.25, 0.3) is 0 Å². The maximum atomic E-state index is 14.0. The van der Waals surface area contributed by atoms with E-state index in [0.717, 1.165) is 10.5 Å². The molecule has 0 aliphatic carbocycles. The lowest BCUT2D eigenvalue weighted by molar-refractivity contribution is 0.0133. The summed E-state index contributed by atoms with van der Waals surface area (Å²) in [5, 5.41) is 0. The van der Waals surface area contributed by atoms with Gasteiger partial charge >= 0.3 is 0 Å². The van der Waals surface area contributed by atoms with Crippen LogP contribution in [-0.2, 0) is 11.2 Å². The minimum absolute atomic E-state index is 0.170. The van der Waals surface area contributed by atoms with Crippen LogP contribution in [0.3, 0.4) is 0 Å². The first-order chi connectivity index (χ1) is 7.70. The maximum Gasteiger partial charge on any atom is 0.139 e. The van der Waals surface area contributed by atoms with Gasteiger partial charge in [0.15, 0.2) is 0 Å². The molecule has 1 fully saturated rings. The first-order valence-electron chi connectivity index (χ1n) is 5.39. The highest BCUT2D eigenvalue weighted by Crippen LogP contribution is 2.51. The molecule has 2 atom stereocenters. The molecule has 0 N–H and O–H groups in total. The van der Waals surface area contributed by atoms with Gasteiger partial charge in [0.2, 0.25) is 0 Å². The molecule has 0 radical (unpaired) electrons. The van der Waals surface area contributed by atoms with Crippen LogP contribution in [0.1, 0.15) is 12.0 Å². The largest absolute Gasteiger partial charge is 0.378 e. The van der Waals surface area contributed by atoms with Gasteiger partial charge < -0.3 is 4.74 Å². The van der Waals surface area contributed by atoms with Crippen LogP contribution in [0.15, 0.2) is 23.1 Å². The van der Waals surface area contributed by atoms with Gasteiger partial charge in [0.05, 0.1) is 11.4 Å². The Morgan fingerprint density at radius 1 is 1.44 bits per heavy atom. The molecule has 0 aromatic heterocycles. The van der Waals surface area contributed by atoms with Crippen LogP contribution in [0.2, 0.25) is 0 Å². The second kappa shape index (κ2) is 3.70. The van der Waals surface area contributed by atoms with Gasteiger partial charge in [0.1, 0.15) is 12.0 Å². The molecule has 0 amide bonds. The molecule has 2 aliphatic heterocycles. The van der Waals surface area contributed by atoms with Crippen LogP contribution in [0.5, 0.6) is 0 Å². The van der Waals surface area contributed by atoms with Crippen LogP contribution in [0, 0.1) is 5.82 Å². The minimum Gasteiger partial charge on any atom is -0.378 e. The average Bonchev–Trinajstić information content (AvgIpc) is 2.61. The van der Waals surface area contributed by atoms with Crippen molar-refractivity contribution >= 4 is 11.8 Å². The topological polar surface area (TPSA) is 9.23 Å². The number of fused-ring (bicyclic) bond motifs is 1. The van der Waals surface area contributed by atoms with Crippen molar-refractivity contribution in [3.8, 4) is 0 Å². The van der Waals surface area contributed by atoms with Crippen molar-refractivity contribution < 1.29 is 13.5 Å². The smallest absolute Gasteiger partial charge is 0.139 e. The zero-order valence-corrected chi connectivity index (χ0v) is 9.53. The van der Waals surface area contributed by atoms with Gasteiger partial charge in [-0.3, -0.25) is 0 Å². The summed E-state index contributed by atoms with van der Waals surface area (Å²) in [4.78, 5) is 1.02. The van der Waals surface area contributed by atoms with E-state index >= 15 is 0 Å².